The predicted molar refractivity (Wildman–Crippen MR) is 174 cm³/mol. The van der Waals surface area contributed by atoms with Gasteiger partial charge in [-0.3, -0.25) is 5.32 Å². The summed E-state index contributed by atoms with van der Waals surface area (Å²) in [5, 5.41) is 25.1. The lowest BCUT2D eigenvalue weighted by molar-refractivity contribution is -0.140. The summed E-state index contributed by atoms with van der Waals surface area (Å²) in [6.45, 7) is 4.83. The Balaban J connectivity index is 0.000000264. The summed E-state index contributed by atoms with van der Waals surface area (Å²) in [6.07, 6.45) is 10.6. The van der Waals surface area contributed by atoms with Gasteiger partial charge in [-0.25, -0.2) is 17.9 Å². The maximum absolute atomic E-state index is 13.4. The van der Waals surface area contributed by atoms with Crippen LogP contribution in [0.4, 0.5) is 19.0 Å². The Labute approximate surface area is 276 Å². The molecule has 1 aromatic heterocycles. The van der Waals surface area contributed by atoms with E-state index in [0.29, 0.717) is 11.5 Å². The van der Waals surface area contributed by atoms with Gasteiger partial charge in [0.1, 0.15) is 17.4 Å². The molecule has 0 amide bonds. The SMILES string of the molecule is CCCCCCCCCCNC1(C#N)CC1.Cc1cc(N2C[C@H](S(=O)(=O)c3ccccc3C(F)(F)F)C[C@H]2C(=O)O)n(C2CCC2)n1. The number of aryl methyl sites for hydroxylation is 1. The summed E-state index contributed by atoms with van der Waals surface area (Å²) in [5.41, 5.74) is -0.684. The third-order valence-electron chi connectivity index (χ3n) is 9.50. The smallest absolute Gasteiger partial charge is 0.417 e. The molecule has 1 aliphatic heterocycles. The number of halogens is 3. The van der Waals surface area contributed by atoms with E-state index in [1.165, 1.54) is 62.3 Å². The number of carboxylic acid groups (broad SMARTS) is 1. The highest BCUT2D eigenvalue weighted by molar-refractivity contribution is 7.92. The van der Waals surface area contributed by atoms with Crippen LogP contribution in [0.15, 0.2) is 35.2 Å². The molecule has 3 fully saturated rings. The van der Waals surface area contributed by atoms with Gasteiger partial charge < -0.3 is 10.0 Å². The number of carbonyl (C=O) groups is 1. The molecule has 1 saturated heterocycles. The van der Waals surface area contributed by atoms with Crippen molar-refractivity contribution in [1.29, 1.82) is 5.26 Å². The molecule has 1 aromatic carbocycles. The third kappa shape index (κ3) is 9.28. The Morgan fingerprint density at radius 2 is 1.74 bits per heavy atom. The van der Waals surface area contributed by atoms with Gasteiger partial charge in [-0.05, 0) is 70.5 Å². The third-order valence-corrected chi connectivity index (χ3v) is 11.7. The van der Waals surface area contributed by atoms with Crippen molar-refractivity contribution in [1.82, 2.24) is 15.1 Å². The Hall–Kier alpha value is -3.11. The number of carboxylic acids is 1. The zero-order valence-corrected chi connectivity index (χ0v) is 28.3. The van der Waals surface area contributed by atoms with Crippen LogP contribution in [0, 0.1) is 18.3 Å². The molecule has 47 heavy (non-hydrogen) atoms. The molecule has 5 rings (SSSR count). The monoisotopic (exact) mass is 679 g/mol. The minimum Gasteiger partial charge on any atom is -0.480 e. The molecule has 2 saturated carbocycles. The number of hydrogen-bond donors (Lipinski definition) is 2. The van der Waals surface area contributed by atoms with E-state index in [0.717, 1.165) is 56.8 Å². The molecule has 9 nitrogen and oxygen atoms in total. The number of anilines is 1. The Kier molecular flexibility index (Phi) is 12.4. The molecule has 13 heteroatoms. The van der Waals surface area contributed by atoms with Crippen LogP contribution < -0.4 is 10.2 Å². The highest BCUT2D eigenvalue weighted by Gasteiger charge is 2.47. The summed E-state index contributed by atoms with van der Waals surface area (Å²) in [6, 6.07) is 7.02. The number of sulfone groups is 1. The van der Waals surface area contributed by atoms with Gasteiger partial charge in [-0.1, -0.05) is 64.0 Å². The van der Waals surface area contributed by atoms with Gasteiger partial charge in [-0.15, -0.1) is 0 Å². The van der Waals surface area contributed by atoms with Gasteiger partial charge in [0, 0.05) is 12.6 Å². The highest BCUT2D eigenvalue weighted by atomic mass is 32.2. The topological polar surface area (TPSA) is 128 Å². The maximum Gasteiger partial charge on any atom is 0.417 e. The first kappa shape index (κ1) is 36.7. The fraction of sp³-hybridized carbons (Fsp3) is 0.676. The first-order chi connectivity index (χ1) is 22.3. The normalized spacial score (nSPS) is 20.6. The van der Waals surface area contributed by atoms with Crippen LogP contribution in [0.25, 0.3) is 0 Å². The van der Waals surface area contributed by atoms with Crippen molar-refractivity contribution < 1.29 is 31.5 Å². The largest absolute Gasteiger partial charge is 0.480 e. The molecule has 260 valence electrons. The number of rotatable bonds is 15. The Morgan fingerprint density at radius 3 is 2.30 bits per heavy atom. The number of unbranched alkanes of at least 4 members (excludes halogenated alkanes) is 7. The Bertz CT molecular complexity index is 1500. The lowest BCUT2D eigenvalue weighted by atomic mass is 9.93. The molecule has 0 spiro atoms. The van der Waals surface area contributed by atoms with E-state index in [4.69, 9.17) is 5.26 Å². The molecule has 2 atom stereocenters. The van der Waals surface area contributed by atoms with Crippen LogP contribution in [0.5, 0.6) is 0 Å². The maximum atomic E-state index is 13.4. The van der Waals surface area contributed by atoms with Crippen LogP contribution >= 0.6 is 0 Å². The number of aromatic nitrogens is 2. The van der Waals surface area contributed by atoms with E-state index < -0.39 is 43.7 Å². The summed E-state index contributed by atoms with van der Waals surface area (Å²) >= 11 is 0. The molecule has 2 aliphatic carbocycles. The molecule has 2 N–H and O–H groups in total. The molecule has 2 aromatic rings. The van der Waals surface area contributed by atoms with Crippen molar-refractivity contribution in [2.45, 2.75) is 138 Å². The second-order valence-electron chi connectivity index (χ2n) is 13.2. The van der Waals surface area contributed by atoms with Crippen LogP contribution in [0.3, 0.4) is 0 Å². The lowest BCUT2D eigenvalue weighted by Crippen LogP contribution is -2.38. The first-order valence-corrected chi connectivity index (χ1v) is 18.5. The minimum atomic E-state index is -4.84. The van der Waals surface area contributed by atoms with Crippen molar-refractivity contribution in [3.8, 4) is 6.07 Å². The van der Waals surface area contributed by atoms with Gasteiger partial charge in [0.15, 0.2) is 9.84 Å². The van der Waals surface area contributed by atoms with Gasteiger partial charge in [0.05, 0.1) is 33.5 Å². The molecule has 2 heterocycles. The summed E-state index contributed by atoms with van der Waals surface area (Å²) in [5.74, 6) is -0.725. The fourth-order valence-electron chi connectivity index (χ4n) is 6.30. The van der Waals surface area contributed by atoms with E-state index in [1.54, 1.807) is 17.7 Å². The van der Waals surface area contributed by atoms with Crippen molar-refractivity contribution in [2.75, 3.05) is 18.0 Å². The first-order valence-electron chi connectivity index (χ1n) is 16.9. The van der Waals surface area contributed by atoms with Gasteiger partial charge in [0.2, 0.25) is 0 Å². The number of nitrogens with one attached hydrogen (secondary N) is 1. The summed E-state index contributed by atoms with van der Waals surface area (Å²) in [7, 11) is -4.43. The summed E-state index contributed by atoms with van der Waals surface area (Å²) in [4.78, 5) is 12.6. The number of aliphatic carboxylic acids is 1. The van der Waals surface area contributed by atoms with Crippen LogP contribution in [0.1, 0.15) is 114 Å². The second kappa shape index (κ2) is 15.9. The van der Waals surface area contributed by atoms with Crippen molar-refractivity contribution >= 4 is 21.6 Å². The molecule has 0 bridgehead atoms. The molecular weight excluding hydrogens is 631 g/mol. The number of nitriles is 1. The van der Waals surface area contributed by atoms with Crippen LogP contribution in [-0.2, 0) is 20.8 Å². The van der Waals surface area contributed by atoms with Crippen molar-refractivity contribution in [3.05, 3.63) is 41.6 Å². The van der Waals surface area contributed by atoms with E-state index >= 15 is 0 Å². The number of benzene rings is 1. The van der Waals surface area contributed by atoms with E-state index in [2.05, 4.69) is 23.4 Å². The molecular formula is C34H48F3N5O4S. The second-order valence-corrected chi connectivity index (χ2v) is 15.4. The van der Waals surface area contributed by atoms with E-state index in [9.17, 15) is 31.5 Å². The highest BCUT2D eigenvalue weighted by Crippen LogP contribution is 2.41. The average molecular weight is 680 g/mol. The zero-order valence-electron chi connectivity index (χ0n) is 27.4. The summed E-state index contributed by atoms with van der Waals surface area (Å²) < 4.78 is 68.4. The molecule has 0 unspecified atom stereocenters. The number of hydrogen-bond acceptors (Lipinski definition) is 7. The average Bonchev–Trinajstić information content (AvgIpc) is 3.46. The van der Waals surface area contributed by atoms with Gasteiger partial charge in [-0.2, -0.15) is 23.5 Å². The van der Waals surface area contributed by atoms with Gasteiger partial charge >= 0.3 is 12.1 Å². The minimum absolute atomic E-state index is 0.110. The van der Waals surface area contributed by atoms with Crippen LogP contribution in [-0.4, -0.2) is 59.2 Å². The zero-order chi connectivity index (χ0) is 34.2. The molecule has 3 aliphatic rings. The fourth-order valence-corrected chi connectivity index (χ4v) is 8.21. The van der Waals surface area contributed by atoms with E-state index in [-0.39, 0.29) is 24.5 Å². The van der Waals surface area contributed by atoms with Crippen molar-refractivity contribution in [3.63, 3.8) is 0 Å². The van der Waals surface area contributed by atoms with Gasteiger partial charge in [0.25, 0.3) is 0 Å². The number of nitrogens with zero attached hydrogens (tertiary/aromatic N) is 4. The Morgan fingerprint density at radius 1 is 1.11 bits per heavy atom. The quantitative estimate of drug-likeness (QED) is 0.189. The van der Waals surface area contributed by atoms with E-state index in [1.807, 2.05) is 0 Å². The number of alkyl halides is 3. The predicted octanol–water partition coefficient (Wildman–Crippen LogP) is 7.21. The van der Waals surface area contributed by atoms with Crippen LogP contribution in [0.2, 0.25) is 0 Å². The van der Waals surface area contributed by atoms with Crippen molar-refractivity contribution in [2.24, 2.45) is 0 Å². The standard InChI is InChI=1S/C20H22F3N3O4S.C14H26N2/c1-12-9-18(26(24-12)13-5-4-6-13)25-11-14(10-16(25)19(27)28)31(29,30)17-8-3-2-7-15(17)20(21,22)23;1-2-3-4-5-6-7-8-9-12-16-14(13-15)10-11-14/h2-3,7-9,13-14,16H,4-6,10-11H2,1H3,(H,27,28);16H,2-12H2,1H3/t14-,16+;/m1./s1. The molecule has 0 radical (unpaired) electrons. The lowest BCUT2D eigenvalue weighted by Gasteiger charge is -2.31.